The van der Waals surface area contributed by atoms with E-state index in [4.69, 9.17) is 11.6 Å². The molecule has 0 spiro atoms. The number of benzene rings is 1. The first-order valence-electron chi connectivity index (χ1n) is 4.57. The van der Waals surface area contributed by atoms with Crippen LogP contribution in [0, 0.1) is 0 Å². The van der Waals surface area contributed by atoms with Gasteiger partial charge >= 0.3 is 0 Å². The summed E-state index contributed by atoms with van der Waals surface area (Å²) in [4.78, 5) is 11.1. The molecule has 1 amide bonds. The number of hydrogen-bond donors (Lipinski definition) is 2. The molecule has 84 valence electrons. The molecule has 0 saturated heterocycles. The van der Waals surface area contributed by atoms with E-state index < -0.39 is 0 Å². The minimum absolute atomic E-state index is 0.115. The largest absolute Gasteiger partial charge is 0.373 e. The van der Waals surface area contributed by atoms with Crippen molar-refractivity contribution < 1.29 is 4.79 Å². The zero-order valence-corrected chi connectivity index (χ0v) is 10.0. The smallest absolute Gasteiger partial charge is 0.239 e. The van der Waals surface area contributed by atoms with Crippen LogP contribution >= 0.6 is 23.3 Å². The fourth-order valence-electron chi connectivity index (χ4n) is 1.25. The molecule has 0 radical (unpaired) electrons. The quantitative estimate of drug-likeness (QED) is 0.874. The average molecular weight is 257 g/mol. The first-order chi connectivity index (χ1) is 7.72. The summed E-state index contributed by atoms with van der Waals surface area (Å²) in [5, 5.41) is 6.00. The van der Waals surface area contributed by atoms with Gasteiger partial charge in [-0.2, -0.15) is 8.75 Å². The number of anilines is 1. The highest BCUT2D eigenvalue weighted by atomic mass is 35.5. The second-order valence-electron chi connectivity index (χ2n) is 3.08. The van der Waals surface area contributed by atoms with Gasteiger partial charge in [-0.05, 0) is 12.1 Å². The predicted molar refractivity (Wildman–Crippen MR) is 65.0 cm³/mol. The number of nitrogens with one attached hydrogen (secondary N) is 2. The van der Waals surface area contributed by atoms with Gasteiger partial charge < -0.3 is 10.6 Å². The lowest BCUT2D eigenvalue weighted by molar-refractivity contribution is -0.118. The number of aromatic nitrogens is 2. The Morgan fingerprint density at radius 1 is 1.50 bits per heavy atom. The molecule has 2 aromatic rings. The van der Waals surface area contributed by atoms with Crippen LogP contribution in [0.15, 0.2) is 12.1 Å². The Bertz CT molecular complexity index is 527. The monoisotopic (exact) mass is 256 g/mol. The molecule has 0 atom stereocenters. The number of carbonyl (C=O) groups excluding carboxylic acids is 1. The highest BCUT2D eigenvalue weighted by Crippen LogP contribution is 2.29. The molecule has 5 nitrogen and oxygen atoms in total. The van der Waals surface area contributed by atoms with Gasteiger partial charge in [0.2, 0.25) is 5.91 Å². The van der Waals surface area contributed by atoms with Crippen LogP contribution in [0.1, 0.15) is 0 Å². The average Bonchev–Trinajstić information content (AvgIpc) is 2.75. The number of rotatable bonds is 3. The van der Waals surface area contributed by atoms with E-state index in [-0.39, 0.29) is 12.5 Å². The second kappa shape index (κ2) is 4.63. The molecule has 0 bridgehead atoms. The lowest BCUT2D eigenvalue weighted by Crippen LogP contribution is -2.26. The van der Waals surface area contributed by atoms with Gasteiger partial charge in [-0.15, -0.1) is 0 Å². The fourth-order valence-corrected chi connectivity index (χ4v) is 2.01. The van der Waals surface area contributed by atoms with Crippen molar-refractivity contribution >= 4 is 46.0 Å². The molecule has 0 unspecified atom stereocenters. The molecule has 0 aliphatic carbocycles. The number of halogens is 1. The van der Waals surface area contributed by atoms with Gasteiger partial charge in [-0.25, -0.2) is 0 Å². The van der Waals surface area contributed by atoms with Crippen molar-refractivity contribution in [3.63, 3.8) is 0 Å². The Kier molecular flexibility index (Phi) is 3.21. The van der Waals surface area contributed by atoms with Crippen LogP contribution in [-0.4, -0.2) is 28.2 Å². The topological polar surface area (TPSA) is 66.9 Å². The molecule has 1 aromatic heterocycles. The molecule has 0 fully saturated rings. The van der Waals surface area contributed by atoms with E-state index in [1.807, 2.05) is 0 Å². The summed E-state index contributed by atoms with van der Waals surface area (Å²) in [5.74, 6) is -0.115. The maximum Gasteiger partial charge on any atom is 0.239 e. The summed E-state index contributed by atoms with van der Waals surface area (Å²) >= 11 is 7.15. The van der Waals surface area contributed by atoms with Gasteiger partial charge in [0.25, 0.3) is 0 Å². The van der Waals surface area contributed by atoms with Crippen LogP contribution in [0.4, 0.5) is 5.69 Å². The zero-order chi connectivity index (χ0) is 11.5. The standard InChI is InChI=1S/C9H9ClN4OS/c1-11-7(15)4-12-8-5(10)2-3-6-9(8)14-16-13-6/h2-3,12H,4H2,1H3,(H,11,15). The molecule has 0 aliphatic heterocycles. The van der Waals surface area contributed by atoms with E-state index in [9.17, 15) is 4.79 Å². The van der Waals surface area contributed by atoms with Gasteiger partial charge in [-0.3, -0.25) is 4.79 Å². The van der Waals surface area contributed by atoms with Crippen molar-refractivity contribution in [1.82, 2.24) is 14.1 Å². The van der Waals surface area contributed by atoms with E-state index in [2.05, 4.69) is 19.4 Å². The number of likely N-dealkylation sites (N-methyl/N-ethyl adjacent to an activating group) is 1. The summed E-state index contributed by atoms with van der Waals surface area (Å²) in [5.41, 5.74) is 2.12. The molecule has 0 saturated carbocycles. The Morgan fingerprint density at radius 3 is 3.06 bits per heavy atom. The lowest BCUT2D eigenvalue weighted by Gasteiger charge is -2.07. The number of carbonyl (C=O) groups is 1. The van der Waals surface area contributed by atoms with Crippen LogP contribution in [0.25, 0.3) is 11.0 Å². The van der Waals surface area contributed by atoms with E-state index in [0.717, 1.165) is 17.2 Å². The summed E-state index contributed by atoms with van der Waals surface area (Å²) in [7, 11) is 1.58. The first-order valence-corrected chi connectivity index (χ1v) is 5.68. The Labute approximate surface area is 101 Å². The summed E-state index contributed by atoms with van der Waals surface area (Å²) in [6.07, 6.45) is 0. The molecule has 2 N–H and O–H groups in total. The summed E-state index contributed by atoms with van der Waals surface area (Å²) in [6.45, 7) is 0.160. The van der Waals surface area contributed by atoms with Gasteiger partial charge in [0.05, 0.1) is 29.0 Å². The van der Waals surface area contributed by atoms with Crippen molar-refractivity contribution in [3.05, 3.63) is 17.2 Å². The molecule has 16 heavy (non-hydrogen) atoms. The fraction of sp³-hybridized carbons (Fsp3) is 0.222. The molecular formula is C9H9ClN4OS. The molecule has 1 aromatic carbocycles. The van der Waals surface area contributed by atoms with Crippen molar-refractivity contribution in [2.45, 2.75) is 0 Å². The van der Waals surface area contributed by atoms with Crippen molar-refractivity contribution in [3.8, 4) is 0 Å². The van der Waals surface area contributed by atoms with Crippen LogP contribution in [0.2, 0.25) is 5.02 Å². The van der Waals surface area contributed by atoms with Gasteiger partial charge in [0.15, 0.2) is 0 Å². The van der Waals surface area contributed by atoms with Gasteiger partial charge in [0.1, 0.15) is 11.0 Å². The Morgan fingerprint density at radius 2 is 2.31 bits per heavy atom. The van der Waals surface area contributed by atoms with Crippen molar-refractivity contribution in [1.29, 1.82) is 0 Å². The molecule has 2 rings (SSSR count). The van der Waals surface area contributed by atoms with Crippen LogP contribution in [-0.2, 0) is 4.79 Å². The SMILES string of the molecule is CNC(=O)CNc1c(Cl)ccc2nsnc12. The number of amides is 1. The third kappa shape index (κ3) is 2.07. The highest BCUT2D eigenvalue weighted by Gasteiger charge is 2.10. The zero-order valence-electron chi connectivity index (χ0n) is 8.45. The van der Waals surface area contributed by atoms with E-state index in [1.54, 1.807) is 19.2 Å². The third-order valence-electron chi connectivity index (χ3n) is 2.08. The number of nitrogens with zero attached hydrogens (tertiary/aromatic N) is 2. The van der Waals surface area contributed by atoms with Crippen molar-refractivity contribution in [2.75, 3.05) is 18.9 Å². The number of fused-ring (bicyclic) bond motifs is 1. The van der Waals surface area contributed by atoms with E-state index in [1.165, 1.54) is 0 Å². The first kappa shape index (κ1) is 11.1. The van der Waals surface area contributed by atoms with E-state index in [0.29, 0.717) is 16.2 Å². The molecule has 7 heteroatoms. The maximum absolute atomic E-state index is 11.1. The van der Waals surface area contributed by atoms with E-state index >= 15 is 0 Å². The summed E-state index contributed by atoms with van der Waals surface area (Å²) in [6, 6.07) is 3.53. The normalized spacial score (nSPS) is 10.4. The van der Waals surface area contributed by atoms with Crippen LogP contribution < -0.4 is 10.6 Å². The number of hydrogen-bond acceptors (Lipinski definition) is 5. The van der Waals surface area contributed by atoms with Crippen LogP contribution in [0.3, 0.4) is 0 Å². The molecule has 0 aliphatic rings. The summed E-state index contributed by atoms with van der Waals surface area (Å²) < 4.78 is 8.23. The van der Waals surface area contributed by atoms with Crippen molar-refractivity contribution in [2.24, 2.45) is 0 Å². The van der Waals surface area contributed by atoms with Gasteiger partial charge in [-0.1, -0.05) is 11.6 Å². The second-order valence-corrected chi connectivity index (χ2v) is 4.02. The van der Waals surface area contributed by atoms with Crippen LogP contribution in [0.5, 0.6) is 0 Å². The minimum atomic E-state index is -0.115. The molecular weight excluding hydrogens is 248 g/mol. The lowest BCUT2D eigenvalue weighted by atomic mass is 10.2. The maximum atomic E-state index is 11.1. The third-order valence-corrected chi connectivity index (χ3v) is 2.94. The molecule has 1 heterocycles. The minimum Gasteiger partial charge on any atom is -0.373 e. The predicted octanol–water partition coefficient (Wildman–Crippen LogP) is 1.50. The van der Waals surface area contributed by atoms with Gasteiger partial charge in [0, 0.05) is 7.05 Å². The Hall–Kier alpha value is -1.40. The highest BCUT2D eigenvalue weighted by molar-refractivity contribution is 7.00. The Balaban J connectivity index is 2.31.